The molecule has 0 bridgehead atoms. The highest BCUT2D eigenvalue weighted by molar-refractivity contribution is 6.59. The first-order valence-electron chi connectivity index (χ1n) is 6.69. The van der Waals surface area contributed by atoms with Crippen molar-refractivity contribution in [3.05, 3.63) is 42.0 Å². The fraction of sp³-hybridized carbons (Fsp3) is 0.250. The molecule has 0 fully saturated rings. The summed E-state index contributed by atoms with van der Waals surface area (Å²) < 4.78 is 5.86. The van der Waals surface area contributed by atoms with Crippen LogP contribution in [0.4, 0.5) is 0 Å². The van der Waals surface area contributed by atoms with Gasteiger partial charge in [0.05, 0.1) is 0 Å². The minimum atomic E-state index is -1.46. The molecule has 0 aliphatic heterocycles. The second-order valence-electron chi connectivity index (χ2n) is 6.19. The first-order chi connectivity index (χ1) is 9.36. The first-order valence-corrected chi connectivity index (χ1v) is 6.69. The quantitative estimate of drug-likeness (QED) is 0.667. The van der Waals surface area contributed by atoms with Gasteiger partial charge < -0.3 is 14.5 Å². The number of benzene rings is 2. The van der Waals surface area contributed by atoms with Gasteiger partial charge in [-0.05, 0) is 28.6 Å². The van der Waals surface area contributed by atoms with Crippen LogP contribution in [-0.4, -0.2) is 17.2 Å². The van der Waals surface area contributed by atoms with Crippen molar-refractivity contribution in [1.82, 2.24) is 0 Å². The number of rotatable bonds is 1. The van der Waals surface area contributed by atoms with Crippen molar-refractivity contribution in [2.75, 3.05) is 0 Å². The van der Waals surface area contributed by atoms with Crippen LogP contribution in [0.3, 0.4) is 0 Å². The fourth-order valence-electron chi connectivity index (χ4n) is 2.42. The van der Waals surface area contributed by atoms with Crippen molar-refractivity contribution >= 4 is 34.5 Å². The van der Waals surface area contributed by atoms with E-state index in [1.807, 2.05) is 6.07 Å². The zero-order chi connectivity index (χ0) is 14.5. The lowest BCUT2D eigenvalue weighted by atomic mass is 9.80. The molecule has 3 aromatic rings. The third-order valence-corrected chi connectivity index (χ3v) is 3.66. The van der Waals surface area contributed by atoms with E-state index in [0.29, 0.717) is 5.46 Å². The molecule has 0 saturated carbocycles. The number of furan rings is 1. The van der Waals surface area contributed by atoms with Gasteiger partial charge in [0.1, 0.15) is 11.2 Å². The molecule has 0 atom stereocenters. The molecule has 20 heavy (non-hydrogen) atoms. The Morgan fingerprint density at radius 3 is 2.30 bits per heavy atom. The van der Waals surface area contributed by atoms with E-state index in [-0.39, 0.29) is 5.41 Å². The van der Waals surface area contributed by atoms with Crippen LogP contribution in [-0.2, 0) is 5.41 Å². The lowest BCUT2D eigenvalue weighted by Crippen LogP contribution is -2.29. The van der Waals surface area contributed by atoms with Gasteiger partial charge in [0.15, 0.2) is 0 Å². The molecule has 0 saturated heterocycles. The van der Waals surface area contributed by atoms with E-state index in [1.165, 1.54) is 5.56 Å². The van der Waals surface area contributed by atoms with E-state index in [1.54, 1.807) is 18.2 Å². The zero-order valence-electron chi connectivity index (χ0n) is 11.8. The fourth-order valence-corrected chi connectivity index (χ4v) is 2.42. The highest BCUT2D eigenvalue weighted by Crippen LogP contribution is 2.32. The van der Waals surface area contributed by atoms with Crippen LogP contribution in [0.15, 0.2) is 40.8 Å². The summed E-state index contributed by atoms with van der Waals surface area (Å²) >= 11 is 0. The first kappa shape index (κ1) is 13.2. The molecule has 2 N–H and O–H groups in total. The molecular weight excluding hydrogens is 251 g/mol. The third-order valence-electron chi connectivity index (χ3n) is 3.66. The van der Waals surface area contributed by atoms with Gasteiger partial charge in [-0.25, -0.2) is 0 Å². The Bertz CT molecular complexity index is 781. The molecule has 4 heteroatoms. The van der Waals surface area contributed by atoms with Crippen LogP contribution in [0.2, 0.25) is 0 Å². The third kappa shape index (κ3) is 2.11. The standard InChI is InChI=1S/C16H17BO3/c1-16(2,3)10-4-6-12-13-9-11(17(18)19)5-7-14(13)20-15(12)8-10/h4-9,18-19H,1-3H3. The maximum Gasteiger partial charge on any atom is 0.488 e. The van der Waals surface area contributed by atoms with E-state index in [4.69, 9.17) is 4.42 Å². The summed E-state index contributed by atoms with van der Waals surface area (Å²) in [6.45, 7) is 6.49. The van der Waals surface area contributed by atoms with Gasteiger partial charge >= 0.3 is 7.12 Å². The van der Waals surface area contributed by atoms with Gasteiger partial charge in [-0.15, -0.1) is 0 Å². The summed E-state index contributed by atoms with van der Waals surface area (Å²) in [4.78, 5) is 0. The highest BCUT2D eigenvalue weighted by atomic mass is 16.4. The van der Waals surface area contributed by atoms with Gasteiger partial charge in [-0.3, -0.25) is 0 Å². The lowest BCUT2D eigenvalue weighted by molar-refractivity contribution is 0.426. The minimum absolute atomic E-state index is 0.0691. The van der Waals surface area contributed by atoms with Crippen LogP contribution < -0.4 is 5.46 Å². The van der Waals surface area contributed by atoms with Crippen molar-refractivity contribution in [3.63, 3.8) is 0 Å². The smallest absolute Gasteiger partial charge is 0.456 e. The molecule has 102 valence electrons. The normalized spacial score (nSPS) is 12.2. The van der Waals surface area contributed by atoms with Crippen molar-refractivity contribution in [2.24, 2.45) is 0 Å². The van der Waals surface area contributed by atoms with E-state index in [2.05, 4.69) is 32.9 Å². The van der Waals surface area contributed by atoms with Gasteiger partial charge in [0.25, 0.3) is 0 Å². The summed E-state index contributed by atoms with van der Waals surface area (Å²) in [5.74, 6) is 0. The minimum Gasteiger partial charge on any atom is -0.456 e. The summed E-state index contributed by atoms with van der Waals surface area (Å²) in [5.41, 5.74) is 3.35. The maximum atomic E-state index is 9.27. The molecule has 3 rings (SSSR count). The van der Waals surface area contributed by atoms with E-state index < -0.39 is 7.12 Å². The van der Waals surface area contributed by atoms with E-state index in [0.717, 1.165) is 21.9 Å². The average molecular weight is 268 g/mol. The molecule has 3 nitrogen and oxygen atoms in total. The number of hydrogen-bond acceptors (Lipinski definition) is 3. The average Bonchev–Trinajstić information content (AvgIpc) is 2.74. The molecule has 0 aliphatic rings. The van der Waals surface area contributed by atoms with Crippen LogP contribution in [0.5, 0.6) is 0 Å². The molecule has 1 heterocycles. The van der Waals surface area contributed by atoms with Crippen LogP contribution in [0.1, 0.15) is 26.3 Å². The van der Waals surface area contributed by atoms with Crippen molar-refractivity contribution in [3.8, 4) is 0 Å². The molecule has 0 amide bonds. The number of fused-ring (bicyclic) bond motifs is 3. The monoisotopic (exact) mass is 268 g/mol. The number of hydrogen-bond donors (Lipinski definition) is 2. The van der Waals surface area contributed by atoms with Gasteiger partial charge in [0, 0.05) is 10.8 Å². The summed E-state index contributed by atoms with van der Waals surface area (Å²) in [6.07, 6.45) is 0. The Kier molecular flexibility index (Phi) is 2.89. The predicted octanol–water partition coefficient (Wildman–Crippen LogP) is 2.56. The van der Waals surface area contributed by atoms with Gasteiger partial charge in [-0.1, -0.05) is 45.0 Å². The largest absolute Gasteiger partial charge is 0.488 e. The summed E-state index contributed by atoms with van der Waals surface area (Å²) in [7, 11) is -1.46. The Morgan fingerprint density at radius 1 is 0.900 bits per heavy atom. The summed E-state index contributed by atoms with van der Waals surface area (Å²) in [6, 6.07) is 11.4. The molecule has 1 aromatic heterocycles. The van der Waals surface area contributed by atoms with Crippen LogP contribution >= 0.6 is 0 Å². The lowest BCUT2D eigenvalue weighted by Gasteiger charge is -2.18. The van der Waals surface area contributed by atoms with Crippen molar-refractivity contribution in [1.29, 1.82) is 0 Å². The Balaban J connectivity index is 2.26. The van der Waals surface area contributed by atoms with Crippen molar-refractivity contribution < 1.29 is 14.5 Å². The Morgan fingerprint density at radius 2 is 1.65 bits per heavy atom. The molecule has 0 radical (unpaired) electrons. The second kappa shape index (κ2) is 4.37. The molecular formula is C16H17BO3. The highest BCUT2D eigenvalue weighted by Gasteiger charge is 2.17. The molecule has 0 unspecified atom stereocenters. The van der Waals surface area contributed by atoms with Crippen molar-refractivity contribution in [2.45, 2.75) is 26.2 Å². The second-order valence-corrected chi connectivity index (χ2v) is 6.19. The zero-order valence-corrected chi connectivity index (χ0v) is 11.8. The van der Waals surface area contributed by atoms with Crippen LogP contribution in [0, 0.1) is 0 Å². The molecule has 0 aliphatic carbocycles. The Labute approximate surface area is 118 Å². The van der Waals surface area contributed by atoms with Crippen LogP contribution in [0.25, 0.3) is 21.9 Å². The Hall–Kier alpha value is -1.78. The van der Waals surface area contributed by atoms with Gasteiger partial charge in [0.2, 0.25) is 0 Å². The predicted molar refractivity (Wildman–Crippen MR) is 82.2 cm³/mol. The van der Waals surface area contributed by atoms with E-state index in [9.17, 15) is 10.0 Å². The maximum absolute atomic E-state index is 9.27. The molecule has 2 aromatic carbocycles. The summed E-state index contributed by atoms with van der Waals surface area (Å²) in [5, 5.41) is 20.4. The topological polar surface area (TPSA) is 53.6 Å². The SMILES string of the molecule is CC(C)(C)c1ccc2c(c1)oc1ccc(B(O)O)cc12. The molecule has 0 spiro atoms. The van der Waals surface area contributed by atoms with Gasteiger partial charge in [-0.2, -0.15) is 0 Å². The van der Waals surface area contributed by atoms with E-state index >= 15 is 0 Å².